The molecule has 2 aliphatic rings. The van der Waals surface area contributed by atoms with Crippen LogP contribution in [0.2, 0.25) is 0 Å². The minimum atomic E-state index is 0.487. The molecular weight excluding hydrogens is 220 g/mol. The lowest BCUT2D eigenvalue weighted by atomic mass is 9.78. The van der Waals surface area contributed by atoms with E-state index in [1.807, 2.05) is 0 Å². The Balaban J connectivity index is 1.73. The van der Waals surface area contributed by atoms with Crippen LogP contribution in [0.1, 0.15) is 65.2 Å². The molecule has 18 heavy (non-hydrogen) atoms. The van der Waals surface area contributed by atoms with Gasteiger partial charge < -0.3 is 10.6 Å². The first-order valence-corrected chi connectivity index (χ1v) is 8.22. The van der Waals surface area contributed by atoms with Gasteiger partial charge in [0.15, 0.2) is 0 Å². The van der Waals surface area contributed by atoms with Crippen molar-refractivity contribution >= 4 is 0 Å². The molecule has 0 bridgehead atoms. The van der Waals surface area contributed by atoms with Crippen LogP contribution in [0.3, 0.4) is 0 Å². The third kappa shape index (κ3) is 3.48. The molecule has 1 aliphatic carbocycles. The Kier molecular flexibility index (Phi) is 5.50. The lowest BCUT2D eigenvalue weighted by Gasteiger charge is -2.30. The summed E-state index contributed by atoms with van der Waals surface area (Å²) < 4.78 is 0. The van der Waals surface area contributed by atoms with Gasteiger partial charge in [-0.05, 0) is 38.0 Å². The van der Waals surface area contributed by atoms with E-state index in [9.17, 15) is 0 Å². The first-order chi connectivity index (χ1) is 8.72. The Bertz CT molecular complexity index is 241. The van der Waals surface area contributed by atoms with E-state index >= 15 is 0 Å². The smallest absolute Gasteiger partial charge is 0.00825 e. The van der Waals surface area contributed by atoms with E-state index in [2.05, 4.69) is 18.7 Å². The quantitative estimate of drug-likeness (QED) is 0.734. The van der Waals surface area contributed by atoms with Crippen LogP contribution in [-0.4, -0.2) is 30.1 Å². The maximum atomic E-state index is 6.30. The topological polar surface area (TPSA) is 29.3 Å². The number of nitrogens with zero attached hydrogens (tertiary/aromatic N) is 1. The molecule has 2 nitrogen and oxygen atoms in total. The molecule has 4 atom stereocenters. The Morgan fingerprint density at radius 1 is 1.17 bits per heavy atom. The van der Waals surface area contributed by atoms with Gasteiger partial charge in [0.1, 0.15) is 0 Å². The molecule has 4 unspecified atom stereocenters. The van der Waals surface area contributed by atoms with Gasteiger partial charge in [-0.1, -0.05) is 39.0 Å². The molecule has 1 saturated heterocycles. The summed E-state index contributed by atoms with van der Waals surface area (Å²) in [6.45, 7) is 7.32. The maximum Gasteiger partial charge on any atom is 0.00825 e. The van der Waals surface area contributed by atoms with Gasteiger partial charge in [-0.2, -0.15) is 0 Å². The van der Waals surface area contributed by atoms with Crippen molar-refractivity contribution in [3.05, 3.63) is 0 Å². The number of hydrogen-bond acceptors (Lipinski definition) is 2. The normalized spacial score (nSPS) is 34.5. The Morgan fingerprint density at radius 3 is 2.72 bits per heavy atom. The summed E-state index contributed by atoms with van der Waals surface area (Å²) in [7, 11) is 0. The van der Waals surface area contributed by atoms with Gasteiger partial charge in [0.05, 0.1) is 0 Å². The lowest BCUT2D eigenvalue weighted by Crippen LogP contribution is -2.38. The van der Waals surface area contributed by atoms with Gasteiger partial charge in [0.2, 0.25) is 0 Å². The van der Waals surface area contributed by atoms with E-state index in [1.54, 1.807) is 0 Å². The molecule has 0 radical (unpaired) electrons. The third-order valence-electron chi connectivity index (χ3n) is 5.28. The van der Waals surface area contributed by atoms with Crippen LogP contribution in [-0.2, 0) is 0 Å². The lowest BCUT2D eigenvalue weighted by molar-refractivity contribution is 0.228. The highest BCUT2D eigenvalue weighted by Crippen LogP contribution is 2.36. The minimum Gasteiger partial charge on any atom is -0.327 e. The van der Waals surface area contributed by atoms with E-state index in [-0.39, 0.29) is 0 Å². The van der Waals surface area contributed by atoms with Crippen molar-refractivity contribution in [1.29, 1.82) is 0 Å². The van der Waals surface area contributed by atoms with Crippen LogP contribution < -0.4 is 5.73 Å². The van der Waals surface area contributed by atoms with Crippen LogP contribution in [0.15, 0.2) is 0 Å². The number of unbranched alkanes of at least 4 members (excludes halogenated alkanes) is 3. The van der Waals surface area contributed by atoms with Crippen molar-refractivity contribution in [2.24, 2.45) is 17.6 Å². The first-order valence-electron chi connectivity index (χ1n) is 8.22. The minimum absolute atomic E-state index is 0.487. The Hall–Kier alpha value is -0.0800. The number of nitrogens with two attached hydrogens (primary N) is 1. The summed E-state index contributed by atoms with van der Waals surface area (Å²) in [5.41, 5.74) is 6.30. The number of likely N-dealkylation sites (tertiary alicyclic amines) is 1. The highest BCUT2D eigenvalue weighted by Gasteiger charge is 2.39. The van der Waals surface area contributed by atoms with E-state index in [0.29, 0.717) is 6.04 Å². The average Bonchev–Trinajstić information content (AvgIpc) is 2.80. The summed E-state index contributed by atoms with van der Waals surface area (Å²) in [5.74, 6) is 1.71. The molecule has 2 fully saturated rings. The van der Waals surface area contributed by atoms with Gasteiger partial charge in [0.25, 0.3) is 0 Å². The Labute approximate surface area is 113 Å². The Morgan fingerprint density at radius 2 is 2.00 bits per heavy atom. The zero-order valence-corrected chi connectivity index (χ0v) is 12.4. The van der Waals surface area contributed by atoms with Crippen molar-refractivity contribution in [2.75, 3.05) is 13.1 Å². The van der Waals surface area contributed by atoms with Crippen molar-refractivity contribution < 1.29 is 0 Å². The third-order valence-corrected chi connectivity index (χ3v) is 5.28. The zero-order chi connectivity index (χ0) is 13.0. The van der Waals surface area contributed by atoms with Crippen LogP contribution in [0, 0.1) is 11.8 Å². The van der Waals surface area contributed by atoms with E-state index in [0.717, 1.165) is 17.9 Å². The fraction of sp³-hybridized carbons (Fsp3) is 1.00. The molecule has 0 aromatic carbocycles. The van der Waals surface area contributed by atoms with Crippen LogP contribution >= 0.6 is 0 Å². The molecule has 0 aromatic heterocycles. The van der Waals surface area contributed by atoms with Crippen LogP contribution in [0.25, 0.3) is 0 Å². The molecule has 1 heterocycles. The second-order valence-corrected chi connectivity index (χ2v) is 6.67. The fourth-order valence-electron chi connectivity index (χ4n) is 3.96. The highest BCUT2D eigenvalue weighted by molar-refractivity contribution is 4.94. The molecule has 0 spiro atoms. The number of fused-ring (bicyclic) bond motifs is 1. The second kappa shape index (κ2) is 6.91. The molecule has 2 N–H and O–H groups in total. The SMILES string of the molecule is CCCCCCC(C)N1CC2CCCC(N)C2C1. The van der Waals surface area contributed by atoms with E-state index in [4.69, 9.17) is 5.73 Å². The fourth-order valence-corrected chi connectivity index (χ4v) is 3.96. The van der Waals surface area contributed by atoms with Crippen molar-refractivity contribution in [3.8, 4) is 0 Å². The monoisotopic (exact) mass is 252 g/mol. The van der Waals surface area contributed by atoms with Crippen molar-refractivity contribution in [3.63, 3.8) is 0 Å². The van der Waals surface area contributed by atoms with Gasteiger partial charge in [0, 0.05) is 25.2 Å². The molecule has 1 aliphatic heterocycles. The predicted molar refractivity (Wildman–Crippen MR) is 78.6 cm³/mol. The van der Waals surface area contributed by atoms with Gasteiger partial charge in [-0.15, -0.1) is 0 Å². The molecule has 1 saturated carbocycles. The maximum absolute atomic E-state index is 6.30. The van der Waals surface area contributed by atoms with Crippen molar-refractivity contribution in [2.45, 2.75) is 77.3 Å². The predicted octanol–water partition coefficient (Wildman–Crippen LogP) is 3.40. The molecule has 0 aromatic rings. The van der Waals surface area contributed by atoms with Crippen LogP contribution in [0.4, 0.5) is 0 Å². The van der Waals surface area contributed by atoms with E-state index < -0.39 is 0 Å². The van der Waals surface area contributed by atoms with Crippen LogP contribution in [0.5, 0.6) is 0 Å². The van der Waals surface area contributed by atoms with Gasteiger partial charge in [-0.3, -0.25) is 0 Å². The summed E-state index contributed by atoms with van der Waals surface area (Å²) in [5, 5.41) is 0. The number of hydrogen-bond donors (Lipinski definition) is 1. The molecule has 0 amide bonds. The highest BCUT2D eigenvalue weighted by atomic mass is 15.2. The molecule has 2 rings (SSSR count). The zero-order valence-electron chi connectivity index (χ0n) is 12.4. The molecule has 106 valence electrons. The standard InChI is InChI=1S/C16H32N2/c1-3-4-5-6-8-13(2)18-11-14-9-7-10-16(17)15(14)12-18/h13-16H,3-12,17H2,1-2H3. The van der Waals surface area contributed by atoms with Gasteiger partial charge in [-0.25, -0.2) is 0 Å². The molecule has 2 heteroatoms. The second-order valence-electron chi connectivity index (χ2n) is 6.67. The summed E-state index contributed by atoms with van der Waals surface area (Å²) in [4.78, 5) is 2.73. The summed E-state index contributed by atoms with van der Waals surface area (Å²) in [6, 6.07) is 1.26. The largest absolute Gasteiger partial charge is 0.327 e. The molecular formula is C16H32N2. The number of rotatable bonds is 6. The summed E-state index contributed by atoms with van der Waals surface area (Å²) >= 11 is 0. The summed E-state index contributed by atoms with van der Waals surface area (Å²) in [6.07, 6.45) is 11.0. The van der Waals surface area contributed by atoms with E-state index in [1.165, 1.54) is 64.5 Å². The first kappa shape index (κ1) is 14.3. The van der Waals surface area contributed by atoms with Crippen molar-refractivity contribution in [1.82, 2.24) is 4.90 Å². The van der Waals surface area contributed by atoms with Gasteiger partial charge >= 0.3 is 0 Å². The average molecular weight is 252 g/mol.